The Hall–Kier alpha value is -0.580. The van der Waals surface area contributed by atoms with E-state index in [2.05, 4.69) is 64.3 Å². The van der Waals surface area contributed by atoms with Crippen LogP contribution in [-0.2, 0) is 6.42 Å². The SMILES string of the molecule is CNC(Cc1ccccc1)c1ccc(I)c(Cl)c1. The van der Waals surface area contributed by atoms with Crippen LogP contribution >= 0.6 is 34.2 Å². The third-order valence-electron chi connectivity index (χ3n) is 2.98. The minimum Gasteiger partial charge on any atom is -0.313 e. The van der Waals surface area contributed by atoms with E-state index in [1.807, 2.05) is 19.2 Å². The van der Waals surface area contributed by atoms with Crippen molar-refractivity contribution >= 4 is 34.2 Å². The molecule has 0 aliphatic rings. The van der Waals surface area contributed by atoms with Crippen LogP contribution in [0.2, 0.25) is 5.02 Å². The fourth-order valence-corrected chi connectivity index (χ4v) is 2.49. The van der Waals surface area contributed by atoms with Crippen LogP contribution in [0.5, 0.6) is 0 Å². The topological polar surface area (TPSA) is 12.0 Å². The number of likely N-dealkylation sites (N-methyl/N-ethyl adjacent to an activating group) is 1. The van der Waals surface area contributed by atoms with Gasteiger partial charge in [0.2, 0.25) is 0 Å². The van der Waals surface area contributed by atoms with Crippen LogP contribution < -0.4 is 5.32 Å². The summed E-state index contributed by atoms with van der Waals surface area (Å²) in [7, 11) is 1.99. The zero-order valence-corrected chi connectivity index (χ0v) is 13.1. The lowest BCUT2D eigenvalue weighted by Crippen LogP contribution is -2.18. The van der Waals surface area contributed by atoms with Crippen LogP contribution in [0.15, 0.2) is 48.5 Å². The Bertz CT molecular complexity index is 513. The minimum atomic E-state index is 0.293. The molecule has 2 rings (SSSR count). The molecule has 0 radical (unpaired) electrons. The molecule has 2 aromatic carbocycles. The molecule has 0 amide bonds. The molecule has 1 unspecified atom stereocenters. The van der Waals surface area contributed by atoms with Gasteiger partial charge in [0, 0.05) is 9.61 Å². The number of benzene rings is 2. The molecule has 1 nitrogen and oxygen atoms in total. The smallest absolute Gasteiger partial charge is 0.0542 e. The van der Waals surface area contributed by atoms with Crippen LogP contribution in [0.25, 0.3) is 0 Å². The molecule has 0 bridgehead atoms. The number of rotatable bonds is 4. The summed E-state index contributed by atoms with van der Waals surface area (Å²) >= 11 is 8.43. The molecule has 0 spiro atoms. The molecular weight excluding hydrogens is 357 g/mol. The fourth-order valence-electron chi connectivity index (χ4n) is 1.97. The van der Waals surface area contributed by atoms with Gasteiger partial charge in [-0.3, -0.25) is 0 Å². The summed E-state index contributed by atoms with van der Waals surface area (Å²) in [6, 6.07) is 17.0. The quantitative estimate of drug-likeness (QED) is 0.783. The predicted octanol–water partition coefficient (Wildman–Crippen LogP) is 4.45. The van der Waals surface area contributed by atoms with Gasteiger partial charge < -0.3 is 5.32 Å². The van der Waals surface area contributed by atoms with Crippen molar-refractivity contribution in [2.75, 3.05) is 7.05 Å². The molecule has 18 heavy (non-hydrogen) atoms. The Balaban J connectivity index is 2.20. The largest absolute Gasteiger partial charge is 0.313 e. The van der Waals surface area contributed by atoms with Crippen LogP contribution in [-0.4, -0.2) is 7.05 Å². The first-order valence-electron chi connectivity index (χ1n) is 5.87. The average Bonchev–Trinajstić information content (AvgIpc) is 2.40. The van der Waals surface area contributed by atoms with Crippen molar-refractivity contribution in [3.63, 3.8) is 0 Å². The number of hydrogen-bond donors (Lipinski definition) is 1. The highest BCUT2D eigenvalue weighted by Crippen LogP contribution is 2.25. The summed E-state index contributed by atoms with van der Waals surface area (Å²) in [6.45, 7) is 0. The van der Waals surface area contributed by atoms with Gasteiger partial charge >= 0.3 is 0 Å². The molecule has 2 aromatic rings. The van der Waals surface area contributed by atoms with Gasteiger partial charge in [-0.2, -0.15) is 0 Å². The maximum absolute atomic E-state index is 6.18. The molecule has 1 atom stereocenters. The molecule has 1 N–H and O–H groups in total. The second-order valence-corrected chi connectivity index (χ2v) is 5.77. The van der Waals surface area contributed by atoms with Gasteiger partial charge in [0.15, 0.2) is 0 Å². The van der Waals surface area contributed by atoms with Crippen molar-refractivity contribution < 1.29 is 0 Å². The van der Waals surface area contributed by atoms with Gasteiger partial charge in [-0.1, -0.05) is 48.0 Å². The second-order valence-electron chi connectivity index (χ2n) is 4.20. The van der Waals surface area contributed by atoms with E-state index >= 15 is 0 Å². The van der Waals surface area contributed by atoms with Crippen LogP contribution in [0.3, 0.4) is 0 Å². The van der Waals surface area contributed by atoms with E-state index in [9.17, 15) is 0 Å². The Labute approximate surface area is 127 Å². The Morgan fingerprint density at radius 1 is 1.17 bits per heavy atom. The van der Waals surface area contributed by atoms with E-state index in [0.717, 1.165) is 15.0 Å². The lowest BCUT2D eigenvalue weighted by Gasteiger charge is -2.17. The predicted molar refractivity (Wildman–Crippen MR) is 86.1 cm³/mol. The summed E-state index contributed by atoms with van der Waals surface area (Å²) < 4.78 is 1.09. The lowest BCUT2D eigenvalue weighted by atomic mass is 9.99. The van der Waals surface area contributed by atoms with Gasteiger partial charge in [-0.15, -0.1) is 0 Å². The highest BCUT2D eigenvalue weighted by molar-refractivity contribution is 14.1. The molecule has 3 heteroatoms. The van der Waals surface area contributed by atoms with E-state index < -0.39 is 0 Å². The van der Waals surface area contributed by atoms with Gasteiger partial charge in [0.25, 0.3) is 0 Å². The monoisotopic (exact) mass is 371 g/mol. The van der Waals surface area contributed by atoms with E-state index in [1.54, 1.807) is 0 Å². The summed E-state index contributed by atoms with van der Waals surface area (Å²) in [5, 5.41) is 4.17. The summed E-state index contributed by atoms with van der Waals surface area (Å²) in [6.07, 6.45) is 0.967. The Morgan fingerprint density at radius 2 is 1.89 bits per heavy atom. The van der Waals surface area contributed by atoms with Crippen molar-refractivity contribution in [1.82, 2.24) is 5.32 Å². The molecule has 0 fully saturated rings. The molecule has 0 heterocycles. The number of nitrogens with one attached hydrogen (secondary N) is 1. The molecular formula is C15H15ClIN. The Morgan fingerprint density at radius 3 is 2.50 bits per heavy atom. The summed E-state index contributed by atoms with van der Waals surface area (Å²) in [5.74, 6) is 0. The van der Waals surface area contributed by atoms with Gasteiger partial charge in [-0.25, -0.2) is 0 Å². The van der Waals surface area contributed by atoms with Gasteiger partial charge in [0.05, 0.1) is 5.02 Å². The van der Waals surface area contributed by atoms with Crippen molar-refractivity contribution in [3.8, 4) is 0 Å². The van der Waals surface area contributed by atoms with Gasteiger partial charge in [0.1, 0.15) is 0 Å². The maximum atomic E-state index is 6.18. The summed E-state index contributed by atoms with van der Waals surface area (Å²) in [5.41, 5.74) is 2.55. The third-order valence-corrected chi connectivity index (χ3v) is 4.55. The molecule has 0 saturated heterocycles. The molecule has 0 aromatic heterocycles. The first-order valence-corrected chi connectivity index (χ1v) is 7.32. The average molecular weight is 372 g/mol. The Kier molecular flexibility index (Phi) is 5.03. The standard InChI is InChI=1S/C15H15ClIN/c1-18-15(9-11-5-3-2-4-6-11)12-7-8-14(17)13(16)10-12/h2-8,10,15,18H,9H2,1H3. The molecule has 0 saturated carbocycles. The highest BCUT2D eigenvalue weighted by Gasteiger charge is 2.11. The van der Waals surface area contributed by atoms with E-state index in [1.165, 1.54) is 11.1 Å². The lowest BCUT2D eigenvalue weighted by molar-refractivity contribution is 0.592. The normalized spacial score (nSPS) is 12.4. The van der Waals surface area contributed by atoms with E-state index in [-0.39, 0.29) is 0 Å². The van der Waals surface area contributed by atoms with Crippen molar-refractivity contribution in [2.45, 2.75) is 12.5 Å². The van der Waals surface area contributed by atoms with Crippen molar-refractivity contribution in [2.24, 2.45) is 0 Å². The zero-order chi connectivity index (χ0) is 13.0. The van der Waals surface area contributed by atoms with Crippen molar-refractivity contribution in [1.29, 1.82) is 0 Å². The van der Waals surface area contributed by atoms with E-state index in [0.29, 0.717) is 6.04 Å². The van der Waals surface area contributed by atoms with E-state index in [4.69, 9.17) is 11.6 Å². The zero-order valence-electron chi connectivity index (χ0n) is 10.2. The number of hydrogen-bond acceptors (Lipinski definition) is 1. The van der Waals surface area contributed by atoms with Gasteiger partial charge in [-0.05, 0) is 59.3 Å². The molecule has 94 valence electrons. The number of halogens is 2. The van der Waals surface area contributed by atoms with Crippen LogP contribution in [0.4, 0.5) is 0 Å². The molecule has 0 aliphatic heterocycles. The molecule has 0 aliphatic carbocycles. The first-order chi connectivity index (χ1) is 8.70. The van der Waals surface area contributed by atoms with Crippen molar-refractivity contribution in [3.05, 3.63) is 68.3 Å². The fraction of sp³-hybridized carbons (Fsp3) is 0.200. The van der Waals surface area contributed by atoms with Crippen LogP contribution in [0, 0.1) is 3.57 Å². The first kappa shape index (κ1) is 13.8. The maximum Gasteiger partial charge on any atom is 0.0542 e. The van der Waals surface area contributed by atoms with Crippen LogP contribution in [0.1, 0.15) is 17.2 Å². The summed E-state index contributed by atoms with van der Waals surface area (Å²) in [4.78, 5) is 0. The highest BCUT2D eigenvalue weighted by atomic mass is 127. The third kappa shape index (κ3) is 3.46. The second kappa shape index (κ2) is 6.55. The minimum absolute atomic E-state index is 0.293.